The van der Waals surface area contributed by atoms with Crippen LogP contribution in [-0.4, -0.2) is 47.7 Å². The largest absolute Gasteiger partial charge is 0.395 e. The molecule has 0 saturated carbocycles. The first-order valence-electron chi connectivity index (χ1n) is 3.32. The van der Waals surface area contributed by atoms with Gasteiger partial charge in [-0.05, 0) is 6.26 Å². The van der Waals surface area contributed by atoms with Crippen LogP contribution in [0.25, 0.3) is 0 Å². The molecular weight excluding hydrogens is 148 g/mol. The van der Waals surface area contributed by atoms with Gasteiger partial charge in [-0.2, -0.15) is 0 Å². The number of thioether (sulfide) groups is 1. The highest BCUT2D eigenvalue weighted by Crippen LogP contribution is 2.09. The SMILES string of the molecule is CSC1=NCCN1CCO. The van der Waals surface area contributed by atoms with Gasteiger partial charge in [0.1, 0.15) is 0 Å². The molecule has 0 aromatic carbocycles. The molecule has 0 spiro atoms. The Morgan fingerprint density at radius 2 is 2.60 bits per heavy atom. The first-order chi connectivity index (χ1) is 4.88. The van der Waals surface area contributed by atoms with Crippen molar-refractivity contribution in [3.8, 4) is 0 Å². The van der Waals surface area contributed by atoms with Crippen LogP contribution in [0, 0.1) is 0 Å². The lowest BCUT2D eigenvalue weighted by atomic mass is 10.5. The van der Waals surface area contributed by atoms with E-state index in [4.69, 9.17) is 5.11 Å². The van der Waals surface area contributed by atoms with Crippen LogP contribution in [-0.2, 0) is 0 Å². The minimum Gasteiger partial charge on any atom is -0.395 e. The highest BCUT2D eigenvalue weighted by atomic mass is 32.2. The minimum atomic E-state index is 0.222. The molecule has 1 aliphatic heterocycles. The summed E-state index contributed by atoms with van der Waals surface area (Å²) in [6.07, 6.45) is 2.01. The molecule has 1 N–H and O–H groups in total. The second-order valence-corrected chi connectivity index (χ2v) is 2.85. The lowest BCUT2D eigenvalue weighted by Crippen LogP contribution is -2.28. The molecule has 1 rings (SSSR count). The summed E-state index contributed by atoms with van der Waals surface area (Å²) in [6.45, 7) is 2.80. The van der Waals surface area contributed by atoms with Crippen LogP contribution >= 0.6 is 11.8 Å². The molecule has 0 atom stereocenters. The van der Waals surface area contributed by atoms with Gasteiger partial charge in [-0.15, -0.1) is 0 Å². The summed E-state index contributed by atoms with van der Waals surface area (Å²) in [5.41, 5.74) is 0. The molecular formula is C6H12N2OS. The van der Waals surface area contributed by atoms with Crippen molar-refractivity contribution in [1.82, 2.24) is 4.90 Å². The van der Waals surface area contributed by atoms with Gasteiger partial charge in [-0.25, -0.2) is 0 Å². The Labute approximate surface area is 65.1 Å². The van der Waals surface area contributed by atoms with E-state index in [-0.39, 0.29) is 6.61 Å². The van der Waals surface area contributed by atoms with Crippen molar-refractivity contribution in [2.45, 2.75) is 0 Å². The van der Waals surface area contributed by atoms with Gasteiger partial charge in [-0.3, -0.25) is 4.99 Å². The maximum absolute atomic E-state index is 8.63. The fourth-order valence-electron chi connectivity index (χ4n) is 0.984. The molecule has 0 aromatic heterocycles. The average Bonchev–Trinajstić information content (AvgIpc) is 2.36. The zero-order valence-corrected chi connectivity index (χ0v) is 6.89. The Hall–Kier alpha value is -0.220. The standard InChI is InChI=1S/C6H12N2OS/c1-10-6-7-2-3-8(6)4-5-9/h9H,2-5H2,1H3. The van der Waals surface area contributed by atoms with Gasteiger partial charge in [0.05, 0.1) is 13.2 Å². The highest BCUT2D eigenvalue weighted by Gasteiger charge is 2.13. The van der Waals surface area contributed by atoms with Crippen LogP contribution in [0.5, 0.6) is 0 Å². The third-order valence-corrected chi connectivity index (χ3v) is 2.19. The van der Waals surface area contributed by atoms with Gasteiger partial charge >= 0.3 is 0 Å². The molecule has 0 unspecified atom stereocenters. The van der Waals surface area contributed by atoms with Crippen molar-refractivity contribution < 1.29 is 5.11 Å². The molecule has 1 aliphatic rings. The first-order valence-corrected chi connectivity index (χ1v) is 4.55. The lowest BCUT2D eigenvalue weighted by molar-refractivity contribution is 0.258. The lowest BCUT2D eigenvalue weighted by Gasteiger charge is -2.16. The van der Waals surface area contributed by atoms with Gasteiger partial charge in [0, 0.05) is 13.1 Å². The Kier molecular flexibility index (Phi) is 3.02. The van der Waals surface area contributed by atoms with E-state index in [1.54, 1.807) is 11.8 Å². The predicted molar refractivity (Wildman–Crippen MR) is 44.5 cm³/mol. The molecule has 0 bridgehead atoms. The third kappa shape index (κ3) is 1.64. The highest BCUT2D eigenvalue weighted by molar-refractivity contribution is 8.13. The molecule has 4 heteroatoms. The van der Waals surface area contributed by atoms with Crippen LogP contribution in [0.3, 0.4) is 0 Å². The first kappa shape index (κ1) is 7.88. The Morgan fingerprint density at radius 1 is 1.80 bits per heavy atom. The summed E-state index contributed by atoms with van der Waals surface area (Å²) in [6, 6.07) is 0. The second kappa shape index (κ2) is 3.83. The molecule has 0 aromatic rings. The number of aliphatic hydroxyl groups is 1. The van der Waals surface area contributed by atoms with Gasteiger partial charge in [-0.1, -0.05) is 11.8 Å². The summed E-state index contributed by atoms with van der Waals surface area (Å²) in [4.78, 5) is 6.35. The number of rotatable bonds is 2. The average molecular weight is 160 g/mol. The number of amidine groups is 1. The molecule has 10 heavy (non-hydrogen) atoms. The third-order valence-electron chi connectivity index (χ3n) is 1.44. The smallest absolute Gasteiger partial charge is 0.159 e. The van der Waals surface area contributed by atoms with E-state index in [0.29, 0.717) is 0 Å². The normalized spacial score (nSPS) is 17.8. The van der Waals surface area contributed by atoms with Crippen molar-refractivity contribution in [3.05, 3.63) is 0 Å². The van der Waals surface area contributed by atoms with Crippen molar-refractivity contribution >= 4 is 16.9 Å². The summed E-state index contributed by atoms with van der Waals surface area (Å²) in [5.74, 6) is 0. The molecule has 0 amide bonds. The number of aliphatic hydroxyl groups excluding tert-OH is 1. The van der Waals surface area contributed by atoms with E-state index in [0.717, 1.165) is 24.8 Å². The molecule has 0 radical (unpaired) electrons. The van der Waals surface area contributed by atoms with Gasteiger partial charge in [0.25, 0.3) is 0 Å². The monoisotopic (exact) mass is 160 g/mol. The summed E-state index contributed by atoms with van der Waals surface area (Å²) >= 11 is 1.65. The number of hydrogen-bond donors (Lipinski definition) is 1. The summed E-state index contributed by atoms with van der Waals surface area (Å²) in [5, 5.41) is 9.70. The topological polar surface area (TPSA) is 35.8 Å². The van der Waals surface area contributed by atoms with Gasteiger partial charge in [0.2, 0.25) is 0 Å². The molecule has 3 nitrogen and oxygen atoms in total. The van der Waals surface area contributed by atoms with Gasteiger partial charge < -0.3 is 10.0 Å². The fourth-order valence-corrected chi connectivity index (χ4v) is 1.64. The van der Waals surface area contributed by atoms with Crippen molar-refractivity contribution in [3.63, 3.8) is 0 Å². The minimum absolute atomic E-state index is 0.222. The van der Waals surface area contributed by atoms with E-state index in [9.17, 15) is 0 Å². The molecule has 0 aliphatic carbocycles. The number of β-amino-alcohol motifs (C(OH)–C–C–N with tert-alkyl or cyclic N) is 1. The van der Waals surface area contributed by atoms with Crippen LogP contribution in [0.2, 0.25) is 0 Å². The summed E-state index contributed by atoms with van der Waals surface area (Å²) in [7, 11) is 0. The molecule has 1 heterocycles. The zero-order valence-electron chi connectivity index (χ0n) is 6.08. The van der Waals surface area contributed by atoms with E-state index in [2.05, 4.69) is 9.89 Å². The van der Waals surface area contributed by atoms with E-state index < -0.39 is 0 Å². The Morgan fingerprint density at radius 3 is 3.20 bits per heavy atom. The maximum atomic E-state index is 8.63. The quantitative estimate of drug-likeness (QED) is 0.618. The van der Waals surface area contributed by atoms with Crippen molar-refractivity contribution in [2.24, 2.45) is 4.99 Å². The molecule has 0 fully saturated rings. The zero-order chi connectivity index (χ0) is 7.40. The number of hydrogen-bond acceptors (Lipinski definition) is 4. The van der Waals surface area contributed by atoms with Crippen LogP contribution in [0.4, 0.5) is 0 Å². The predicted octanol–water partition coefficient (Wildman–Crippen LogP) is 0.0133. The van der Waals surface area contributed by atoms with Crippen LogP contribution < -0.4 is 0 Å². The molecule has 0 saturated heterocycles. The van der Waals surface area contributed by atoms with Crippen LogP contribution in [0.15, 0.2) is 4.99 Å². The van der Waals surface area contributed by atoms with Crippen molar-refractivity contribution in [1.29, 1.82) is 0 Å². The Balaban J connectivity index is 2.38. The van der Waals surface area contributed by atoms with Gasteiger partial charge in [0.15, 0.2) is 5.17 Å². The molecule has 58 valence electrons. The fraction of sp³-hybridized carbons (Fsp3) is 0.833. The summed E-state index contributed by atoms with van der Waals surface area (Å²) < 4.78 is 0. The number of nitrogens with zero attached hydrogens (tertiary/aromatic N) is 2. The second-order valence-electron chi connectivity index (χ2n) is 2.08. The Bertz CT molecular complexity index is 138. The van der Waals surface area contributed by atoms with E-state index >= 15 is 0 Å². The van der Waals surface area contributed by atoms with E-state index in [1.165, 1.54) is 0 Å². The number of aliphatic imine (C=N–C) groups is 1. The van der Waals surface area contributed by atoms with Crippen molar-refractivity contribution in [2.75, 3.05) is 32.5 Å². The maximum Gasteiger partial charge on any atom is 0.159 e. The van der Waals surface area contributed by atoms with Crippen LogP contribution in [0.1, 0.15) is 0 Å². The van der Waals surface area contributed by atoms with E-state index in [1.807, 2.05) is 6.26 Å².